The maximum absolute atomic E-state index is 5.40. The van der Waals surface area contributed by atoms with Gasteiger partial charge in [-0.25, -0.2) is 4.98 Å². The van der Waals surface area contributed by atoms with Crippen molar-refractivity contribution in [2.45, 2.75) is 32.2 Å². The molecule has 0 amide bonds. The molecule has 0 bridgehead atoms. The number of nitrogens with one attached hydrogen (secondary N) is 1. The predicted octanol–water partition coefficient (Wildman–Crippen LogP) is 2.99. The number of hydrogen-bond acceptors (Lipinski definition) is 4. The number of hydrogen-bond donors (Lipinski definition) is 1. The summed E-state index contributed by atoms with van der Waals surface area (Å²) in [5, 5.41) is 8.59. The SMILES string of the molecule is COc1ccc2c(c1)c(CN1CCC(c3n[nH]c(C)n3)CC1)cn2C. The van der Waals surface area contributed by atoms with Gasteiger partial charge in [0.25, 0.3) is 0 Å². The molecule has 6 heteroatoms. The summed E-state index contributed by atoms with van der Waals surface area (Å²) in [7, 11) is 3.83. The first kappa shape index (κ1) is 16.1. The zero-order valence-electron chi connectivity index (χ0n) is 15.1. The maximum atomic E-state index is 5.40. The van der Waals surface area contributed by atoms with Crippen LogP contribution in [0.15, 0.2) is 24.4 Å². The first-order valence-electron chi connectivity index (χ1n) is 8.87. The van der Waals surface area contributed by atoms with Crippen molar-refractivity contribution >= 4 is 10.9 Å². The quantitative estimate of drug-likeness (QED) is 0.794. The Labute approximate surface area is 147 Å². The molecule has 1 fully saturated rings. The molecule has 132 valence electrons. The molecule has 1 N–H and O–H groups in total. The third-order valence-electron chi connectivity index (χ3n) is 5.24. The Morgan fingerprint density at radius 1 is 1.28 bits per heavy atom. The van der Waals surface area contributed by atoms with Gasteiger partial charge in [-0.1, -0.05) is 0 Å². The monoisotopic (exact) mass is 339 g/mol. The number of likely N-dealkylation sites (tertiary alicyclic amines) is 1. The second kappa shape index (κ2) is 6.52. The second-order valence-electron chi connectivity index (χ2n) is 6.98. The van der Waals surface area contributed by atoms with Crippen molar-refractivity contribution in [1.82, 2.24) is 24.6 Å². The summed E-state index contributed by atoms with van der Waals surface area (Å²) in [4.78, 5) is 7.04. The van der Waals surface area contributed by atoms with Crippen molar-refractivity contribution in [2.24, 2.45) is 7.05 Å². The van der Waals surface area contributed by atoms with Gasteiger partial charge in [-0.15, -0.1) is 0 Å². The van der Waals surface area contributed by atoms with Crippen molar-refractivity contribution < 1.29 is 4.74 Å². The second-order valence-corrected chi connectivity index (χ2v) is 6.98. The van der Waals surface area contributed by atoms with Crippen molar-refractivity contribution in [2.75, 3.05) is 20.2 Å². The lowest BCUT2D eigenvalue weighted by Crippen LogP contribution is -2.32. The van der Waals surface area contributed by atoms with Crippen LogP contribution in [0.4, 0.5) is 0 Å². The smallest absolute Gasteiger partial charge is 0.153 e. The summed E-state index contributed by atoms with van der Waals surface area (Å²) >= 11 is 0. The number of ether oxygens (including phenoxy) is 1. The average molecular weight is 339 g/mol. The van der Waals surface area contributed by atoms with Crippen molar-refractivity contribution in [3.63, 3.8) is 0 Å². The zero-order valence-corrected chi connectivity index (χ0v) is 15.1. The number of methoxy groups -OCH3 is 1. The highest BCUT2D eigenvalue weighted by Gasteiger charge is 2.24. The van der Waals surface area contributed by atoms with Crippen LogP contribution in [0.3, 0.4) is 0 Å². The fraction of sp³-hybridized carbons (Fsp3) is 0.474. The molecular weight excluding hydrogens is 314 g/mol. The van der Waals surface area contributed by atoms with E-state index < -0.39 is 0 Å². The molecule has 1 aromatic carbocycles. The van der Waals surface area contributed by atoms with Crippen LogP contribution < -0.4 is 4.74 Å². The minimum absolute atomic E-state index is 0.480. The van der Waals surface area contributed by atoms with Gasteiger partial charge in [0.15, 0.2) is 5.82 Å². The summed E-state index contributed by atoms with van der Waals surface area (Å²) in [5.74, 6) is 3.28. The van der Waals surface area contributed by atoms with Gasteiger partial charge in [-0.05, 0) is 56.6 Å². The summed E-state index contributed by atoms with van der Waals surface area (Å²) in [6, 6.07) is 6.31. The van der Waals surface area contributed by atoms with Crippen LogP contribution in [0.2, 0.25) is 0 Å². The standard InChI is InChI=1S/C19H25N5O/c1-13-20-19(22-21-13)14-6-8-24(9-7-14)12-15-11-23(2)18-5-4-16(25-3)10-17(15)18/h4-5,10-11,14H,6-9,12H2,1-3H3,(H,20,21,22). The van der Waals surface area contributed by atoms with Crippen LogP contribution in [0.5, 0.6) is 5.75 Å². The molecule has 2 aromatic heterocycles. The molecule has 0 atom stereocenters. The molecule has 25 heavy (non-hydrogen) atoms. The van der Waals surface area contributed by atoms with Gasteiger partial charge in [0.2, 0.25) is 0 Å². The Morgan fingerprint density at radius 2 is 2.08 bits per heavy atom. The predicted molar refractivity (Wildman–Crippen MR) is 97.8 cm³/mol. The van der Waals surface area contributed by atoms with Crippen molar-refractivity contribution in [1.29, 1.82) is 0 Å². The highest BCUT2D eigenvalue weighted by Crippen LogP contribution is 2.29. The lowest BCUT2D eigenvalue weighted by atomic mass is 9.96. The van der Waals surface area contributed by atoms with E-state index in [1.807, 2.05) is 13.0 Å². The third kappa shape index (κ3) is 3.14. The van der Waals surface area contributed by atoms with E-state index in [1.165, 1.54) is 16.5 Å². The van der Waals surface area contributed by atoms with Gasteiger partial charge in [0.1, 0.15) is 11.6 Å². The van der Waals surface area contributed by atoms with E-state index in [0.29, 0.717) is 5.92 Å². The number of fused-ring (bicyclic) bond motifs is 1. The number of rotatable bonds is 4. The van der Waals surface area contributed by atoms with E-state index in [9.17, 15) is 0 Å². The largest absolute Gasteiger partial charge is 0.497 e. The summed E-state index contributed by atoms with van der Waals surface area (Å²) in [6.45, 7) is 5.10. The fourth-order valence-electron chi connectivity index (χ4n) is 3.84. The van der Waals surface area contributed by atoms with Gasteiger partial charge < -0.3 is 9.30 Å². The van der Waals surface area contributed by atoms with E-state index >= 15 is 0 Å². The first-order valence-corrected chi connectivity index (χ1v) is 8.87. The topological polar surface area (TPSA) is 59.0 Å². The zero-order chi connectivity index (χ0) is 17.4. The first-order chi connectivity index (χ1) is 12.1. The minimum Gasteiger partial charge on any atom is -0.497 e. The van der Waals surface area contributed by atoms with Gasteiger partial charge in [0.05, 0.1) is 7.11 Å². The summed E-state index contributed by atoms with van der Waals surface area (Å²) in [6.07, 6.45) is 4.48. The molecule has 1 aliphatic heterocycles. The third-order valence-corrected chi connectivity index (χ3v) is 5.24. The number of piperidine rings is 1. The Hall–Kier alpha value is -2.34. The number of nitrogens with zero attached hydrogens (tertiary/aromatic N) is 4. The van der Waals surface area contributed by atoms with Gasteiger partial charge in [0, 0.05) is 36.6 Å². The van der Waals surface area contributed by atoms with Gasteiger partial charge in [-0.2, -0.15) is 5.10 Å². The van der Waals surface area contributed by atoms with Gasteiger partial charge >= 0.3 is 0 Å². The van der Waals surface area contributed by atoms with Crippen molar-refractivity contribution in [3.8, 4) is 5.75 Å². The number of aromatic nitrogens is 4. The molecule has 0 radical (unpaired) electrons. The molecule has 0 saturated carbocycles. The molecule has 0 aliphatic carbocycles. The van der Waals surface area contributed by atoms with Crippen LogP contribution in [-0.4, -0.2) is 44.8 Å². The van der Waals surface area contributed by atoms with Crippen LogP contribution >= 0.6 is 0 Å². The van der Waals surface area contributed by atoms with Crippen LogP contribution in [-0.2, 0) is 13.6 Å². The summed E-state index contributed by atoms with van der Waals surface area (Å²) < 4.78 is 7.60. The number of aryl methyl sites for hydroxylation is 2. The Bertz CT molecular complexity index is 873. The van der Waals surface area contributed by atoms with Crippen LogP contribution in [0.1, 0.15) is 36.0 Å². The molecule has 1 saturated heterocycles. The van der Waals surface area contributed by atoms with Crippen molar-refractivity contribution in [3.05, 3.63) is 41.6 Å². The maximum Gasteiger partial charge on any atom is 0.153 e. The van der Waals surface area contributed by atoms with E-state index in [0.717, 1.165) is 49.9 Å². The van der Waals surface area contributed by atoms with Crippen LogP contribution in [0, 0.1) is 6.92 Å². The molecule has 4 rings (SSSR count). The molecule has 0 spiro atoms. The molecule has 0 unspecified atom stereocenters. The van der Waals surface area contributed by atoms with Gasteiger partial charge in [-0.3, -0.25) is 10.00 Å². The number of aromatic amines is 1. The Morgan fingerprint density at radius 3 is 2.76 bits per heavy atom. The summed E-state index contributed by atoms with van der Waals surface area (Å²) in [5.41, 5.74) is 2.62. The molecular formula is C19H25N5O. The highest BCUT2D eigenvalue weighted by molar-refractivity contribution is 5.85. The van der Waals surface area contributed by atoms with E-state index in [1.54, 1.807) is 7.11 Å². The number of H-pyrrole nitrogens is 1. The highest BCUT2D eigenvalue weighted by atomic mass is 16.5. The Kier molecular flexibility index (Phi) is 4.21. The fourth-order valence-corrected chi connectivity index (χ4v) is 3.84. The minimum atomic E-state index is 0.480. The normalized spacial score (nSPS) is 16.6. The molecule has 1 aliphatic rings. The van der Waals surface area contributed by atoms with Crippen LogP contribution in [0.25, 0.3) is 10.9 Å². The van der Waals surface area contributed by atoms with E-state index in [-0.39, 0.29) is 0 Å². The average Bonchev–Trinajstić information content (AvgIpc) is 3.19. The van der Waals surface area contributed by atoms with E-state index in [2.05, 4.69) is 50.0 Å². The molecule has 3 heterocycles. The lowest BCUT2D eigenvalue weighted by molar-refractivity contribution is 0.202. The van der Waals surface area contributed by atoms with E-state index in [4.69, 9.17) is 4.74 Å². The molecule has 3 aromatic rings. The molecule has 6 nitrogen and oxygen atoms in total. The Balaban J connectivity index is 1.47. The number of benzene rings is 1. The lowest BCUT2D eigenvalue weighted by Gasteiger charge is -2.30.